The number of anilines is 2. The Balaban J connectivity index is 2.13. The number of hydrogen-bond donors (Lipinski definition) is 3. The van der Waals surface area contributed by atoms with Crippen molar-refractivity contribution in [3.8, 4) is 0 Å². The van der Waals surface area contributed by atoms with Crippen LogP contribution in [0.25, 0.3) is 0 Å². The van der Waals surface area contributed by atoms with Crippen molar-refractivity contribution in [2.75, 3.05) is 31.3 Å². The molecule has 2 aromatic rings. The summed E-state index contributed by atoms with van der Waals surface area (Å²) in [6.45, 7) is 2.04. The molecular weight excluding hydrogens is 282 g/mol. The molecule has 0 saturated carbocycles. The van der Waals surface area contributed by atoms with E-state index in [0.29, 0.717) is 22.8 Å². The Labute approximate surface area is 128 Å². The number of amides is 2. The third-order valence-electron chi connectivity index (χ3n) is 2.95. The van der Waals surface area contributed by atoms with Gasteiger partial charge in [-0.25, -0.2) is 4.98 Å². The number of nitrogens with one attached hydrogen (secondary N) is 3. The van der Waals surface area contributed by atoms with Gasteiger partial charge in [0.05, 0.1) is 24.2 Å². The number of likely N-dealkylation sites (N-methyl/N-ethyl adjacent to an activating group) is 1. The molecule has 0 fully saturated rings. The zero-order valence-electron chi connectivity index (χ0n) is 12.8. The summed E-state index contributed by atoms with van der Waals surface area (Å²) in [5, 5.41) is 5.55. The topological polar surface area (TPSA) is 90.1 Å². The normalized spacial score (nSPS) is 10.5. The molecule has 0 unspecified atom stereocenters. The van der Waals surface area contributed by atoms with Gasteiger partial charge < -0.3 is 20.5 Å². The monoisotopic (exact) mass is 301 g/mol. The van der Waals surface area contributed by atoms with E-state index in [2.05, 4.69) is 20.6 Å². The van der Waals surface area contributed by atoms with Gasteiger partial charge in [-0.15, -0.1) is 0 Å². The van der Waals surface area contributed by atoms with Crippen LogP contribution in [0.5, 0.6) is 0 Å². The maximum atomic E-state index is 12.2. The van der Waals surface area contributed by atoms with Crippen LogP contribution in [-0.4, -0.2) is 47.3 Å². The lowest BCUT2D eigenvalue weighted by Gasteiger charge is -2.14. The summed E-state index contributed by atoms with van der Waals surface area (Å²) in [6.07, 6.45) is 1.47. The number of aryl methyl sites for hydroxylation is 1. The second kappa shape index (κ2) is 6.86. The van der Waals surface area contributed by atoms with Crippen molar-refractivity contribution >= 4 is 23.2 Å². The summed E-state index contributed by atoms with van der Waals surface area (Å²) in [5.41, 5.74) is 2.10. The van der Waals surface area contributed by atoms with Crippen LogP contribution in [0.3, 0.4) is 0 Å². The average molecular weight is 301 g/mol. The first-order chi connectivity index (χ1) is 10.5. The number of carbonyl (C=O) groups excluding carboxylic acids is 2. The smallest absolute Gasteiger partial charge is 0.276 e. The van der Waals surface area contributed by atoms with E-state index in [0.717, 1.165) is 0 Å². The molecule has 0 spiro atoms. The van der Waals surface area contributed by atoms with Gasteiger partial charge in [0.15, 0.2) is 0 Å². The highest BCUT2D eigenvalue weighted by Crippen LogP contribution is 2.21. The second-order valence-corrected chi connectivity index (χ2v) is 5.16. The first kappa shape index (κ1) is 15.7. The fraction of sp³-hybridized carbons (Fsp3) is 0.267. The first-order valence-electron chi connectivity index (χ1n) is 6.82. The maximum Gasteiger partial charge on any atom is 0.276 e. The Morgan fingerprint density at radius 1 is 1.18 bits per heavy atom. The lowest BCUT2D eigenvalue weighted by atomic mass is 10.2. The van der Waals surface area contributed by atoms with Gasteiger partial charge in [-0.2, -0.15) is 0 Å². The van der Waals surface area contributed by atoms with Crippen LogP contribution in [-0.2, 0) is 4.79 Å². The number of H-pyrrole nitrogens is 1. The van der Waals surface area contributed by atoms with E-state index in [-0.39, 0.29) is 18.4 Å². The minimum atomic E-state index is -0.326. The molecule has 0 atom stereocenters. The van der Waals surface area contributed by atoms with Gasteiger partial charge >= 0.3 is 0 Å². The second-order valence-electron chi connectivity index (χ2n) is 5.16. The molecule has 0 radical (unpaired) electrons. The predicted octanol–water partition coefficient (Wildman–Crippen LogP) is 1.47. The third-order valence-corrected chi connectivity index (χ3v) is 2.95. The van der Waals surface area contributed by atoms with Gasteiger partial charge in [0.25, 0.3) is 5.91 Å². The van der Waals surface area contributed by atoms with Crippen molar-refractivity contribution in [3.05, 3.63) is 42.0 Å². The molecule has 1 heterocycles. The zero-order chi connectivity index (χ0) is 16.1. The van der Waals surface area contributed by atoms with Gasteiger partial charge in [-0.1, -0.05) is 12.1 Å². The minimum Gasteiger partial charge on any atom is -0.348 e. The van der Waals surface area contributed by atoms with Crippen LogP contribution < -0.4 is 10.6 Å². The van der Waals surface area contributed by atoms with Crippen molar-refractivity contribution in [2.24, 2.45) is 0 Å². The van der Waals surface area contributed by atoms with E-state index in [9.17, 15) is 9.59 Å². The molecular formula is C15H19N5O2. The SMILES string of the molecule is Cc1[nH]cnc1C(=O)Nc1ccccc1NC(=O)CN(C)C. The zero-order valence-corrected chi connectivity index (χ0v) is 12.8. The van der Waals surface area contributed by atoms with E-state index < -0.39 is 0 Å². The number of rotatable bonds is 5. The number of imidazole rings is 1. The highest BCUT2D eigenvalue weighted by molar-refractivity contribution is 6.06. The summed E-state index contributed by atoms with van der Waals surface area (Å²) >= 11 is 0. The molecule has 0 aliphatic carbocycles. The minimum absolute atomic E-state index is 0.150. The maximum absolute atomic E-state index is 12.2. The Hall–Kier alpha value is -2.67. The Morgan fingerprint density at radius 3 is 2.36 bits per heavy atom. The highest BCUT2D eigenvalue weighted by atomic mass is 16.2. The number of aromatic amines is 1. The third kappa shape index (κ3) is 3.92. The summed E-state index contributed by atoms with van der Waals surface area (Å²) in [5.74, 6) is -0.476. The van der Waals surface area contributed by atoms with Gasteiger partial charge in [0.1, 0.15) is 5.69 Å². The van der Waals surface area contributed by atoms with Crippen LogP contribution >= 0.6 is 0 Å². The quantitative estimate of drug-likeness (QED) is 0.780. The molecule has 7 heteroatoms. The van der Waals surface area contributed by atoms with Crippen LogP contribution in [0.15, 0.2) is 30.6 Å². The molecule has 1 aromatic heterocycles. The first-order valence-corrected chi connectivity index (χ1v) is 6.82. The van der Waals surface area contributed by atoms with Gasteiger partial charge in [-0.3, -0.25) is 9.59 Å². The molecule has 0 aliphatic heterocycles. The van der Waals surface area contributed by atoms with Crippen LogP contribution in [0.2, 0.25) is 0 Å². The molecule has 0 aliphatic rings. The molecule has 0 saturated heterocycles. The molecule has 1 aromatic carbocycles. The number of para-hydroxylation sites is 2. The highest BCUT2D eigenvalue weighted by Gasteiger charge is 2.14. The lowest BCUT2D eigenvalue weighted by Crippen LogP contribution is -2.27. The molecule has 2 rings (SSSR count). The van der Waals surface area contributed by atoms with Crippen molar-refractivity contribution in [1.82, 2.24) is 14.9 Å². The van der Waals surface area contributed by atoms with E-state index in [1.165, 1.54) is 6.33 Å². The number of aromatic nitrogens is 2. The van der Waals surface area contributed by atoms with Crippen molar-refractivity contribution in [3.63, 3.8) is 0 Å². The average Bonchev–Trinajstić information content (AvgIpc) is 2.86. The fourth-order valence-electron chi connectivity index (χ4n) is 1.95. The molecule has 3 N–H and O–H groups in total. The number of nitrogens with zero attached hydrogens (tertiary/aromatic N) is 2. The summed E-state index contributed by atoms with van der Waals surface area (Å²) in [7, 11) is 3.63. The predicted molar refractivity (Wildman–Crippen MR) is 84.9 cm³/mol. The molecule has 116 valence electrons. The number of hydrogen-bond acceptors (Lipinski definition) is 4. The molecule has 22 heavy (non-hydrogen) atoms. The van der Waals surface area contributed by atoms with Crippen molar-refractivity contribution in [1.29, 1.82) is 0 Å². The van der Waals surface area contributed by atoms with E-state index in [1.54, 1.807) is 36.1 Å². The van der Waals surface area contributed by atoms with Gasteiger partial charge in [-0.05, 0) is 33.2 Å². The largest absolute Gasteiger partial charge is 0.348 e. The Bertz CT molecular complexity index is 678. The standard InChI is InChI=1S/C15H19N5O2/c1-10-14(17-9-16-10)15(22)19-12-7-5-4-6-11(12)18-13(21)8-20(2)3/h4-7,9H,8H2,1-3H3,(H,16,17)(H,18,21)(H,19,22). The fourth-order valence-corrected chi connectivity index (χ4v) is 1.95. The number of carbonyl (C=O) groups is 2. The van der Waals surface area contributed by atoms with E-state index >= 15 is 0 Å². The van der Waals surface area contributed by atoms with E-state index in [4.69, 9.17) is 0 Å². The molecule has 2 amide bonds. The Morgan fingerprint density at radius 2 is 1.82 bits per heavy atom. The Kier molecular flexibility index (Phi) is 4.90. The van der Waals surface area contributed by atoms with Crippen LogP contribution in [0.4, 0.5) is 11.4 Å². The lowest BCUT2D eigenvalue weighted by molar-refractivity contribution is -0.116. The van der Waals surface area contributed by atoms with E-state index in [1.807, 2.05) is 14.1 Å². The van der Waals surface area contributed by atoms with Gasteiger partial charge in [0, 0.05) is 5.69 Å². The van der Waals surface area contributed by atoms with Crippen molar-refractivity contribution in [2.45, 2.75) is 6.92 Å². The summed E-state index contributed by atoms with van der Waals surface area (Å²) < 4.78 is 0. The van der Waals surface area contributed by atoms with Gasteiger partial charge in [0.2, 0.25) is 5.91 Å². The number of benzene rings is 1. The summed E-state index contributed by atoms with van der Waals surface area (Å²) in [6, 6.07) is 7.04. The van der Waals surface area contributed by atoms with Crippen LogP contribution in [0.1, 0.15) is 16.2 Å². The van der Waals surface area contributed by atoms with Crippen LogP contribution in [0, 0.1) is 6.92 Å². The molecule has 0 bridgehead atoms. The summed E-state index contributed by atoms with van der Waals surface area (Å²) in [4.78, 5) is 32.7. The van der Waals surface area contributed by atoms with Crippen molar-refractivity contribution < 1.29 is 9.59 Å². The molecule has 7 nitrogen and oxygen atoms in total.